The summed E-state index contributed by atoms with van der Waals surface area (Å²) in [6.45, 7) is 3.92. The minimum absolute atomic E-state index is 0.104. The van der Waals surface area contributed by atoms with Gasteiger partial charge in [0.25, 0.3) is 0 Å². The van der Waals surface area contributed by atoms with Crippen molar-refractivity contribution in [3.63, 3.8) is 0 Å². The SMILES string of the molecule is COc1cc(NC(=O)[C@H](C)N[C@H](c2ccccc2)c2ccc(C)cc2)cc(OC)c1. The Morgan fingerprint density at radius 3 is 1.97 bits per heavy atom. The Hall–Kier alpha value is -3.31. The fraction of sp³-hybridized carbons (Fsp3) is 0.240. The minimum atomic E-state index is -0.436. The largest absolute Gasteiger partial charge is 0.497 e. The zero-order chi connectivity index (χ0) is 21.5. The van der Waals surface area contributed by atoms with Crippen LogP contribution >= 0.6 is 0 Å². The number of benzene rings is 3. The smallest absolute Gasteiger partial charge is 0.241 e. The predicted molar refractivity (Wildman–Crippen MR) is 120 cm³/mol. The molecule has 30 heavy (non-hydrogen) atoms. The second-order valence-electron chi connectivity index (χ2n) is 7.23. The average Bonchev–Trinajstić information content (AvgIpc) is 2.78. The van der Waals surface area contributed by atoms with E-state index in [9.17, 15) is 4.79 Å². The van der Waals surface area contributed by atoms with E-state index in [1.165, 1.54) is 5.56 Å². The summed E-state index contributed by atoms with van der Waals surface area (Å²) in [5, 5.41) is 6.42. The highest BCUT2D eigenvalue weighted by Gasteiger charge is 2.21. The molecular formula is C25H28N2O3. The Kier molecular flexibility index (Phi) is 7.09. The van der Waals surface area contributed by atoms with Gasteiger partial charge in [0, 0.05) is 23.9 Å². The summed E-state index contributed by atoms with van der Waals surface area (Å²) >= 11 is 0. The van der Waals surface area contributed by atoms with Crippen molar-refractivity contribution in [1.82, 2.24) is 5.32 Å². The lowest BCUT2D eigenvalue weighted by molar-refractivity contribution is -0.117. The molecule has 0 radical (unpaired) electrons. The van der Waals surface area contributed by atoms with Crippen LogP contribution in [-0.4, -0.2) is 26.2 Å². The maximum Gasteiger partial charge on any atom is 0.241 e. The molecule has 0 aliphatic heterocycles. The predicted octanol–water partition coefficient (Wildman–Crippen LogP) is 4.72. The van der Waals surface area contributed by atoms with Crippen LogP contribution < -0.4 is 20.1 Å². The van der Waals surface area contributed by atoms with E-state index in [0.717, 1.165) is 11.1 Å². The first-order valence-electron chi connectivity index (χ1n) is 9.91. The number of carbonyl (C=O) groups is 1. The van der Waals surface area contributed by atoms with Crippen LogP contribution in [0.2, 0.25) is 0 Å². The van der Waals surface area contributed by atoms with E-state index in [0.29, 0.717) is 17.2 Å². The van der Waals surface area contributed by atoms with Gasteiger partial charge in [0.1, 0.15) is 11.5 Å². The fourth-order valence-electron chi connectivity index (χ4n) is 3.25. The topological polar surface area (TPSA) is 59.6 Å². The van der Waals surface area contributed by atoms with Gasteiger partial charge in [-0.1, -0.05) is 60.2 Å². The molecule has 0 unspecified atom stereocenters. The maximum atomic E-state index is 12.9. The van der Waals surface area contributed by atoms with Crippen molar-refractivity contribution in [2.75, 3.05) is 19.5 Å². The fourth-order valence-corrected chi connectivity index (χ4v) is 3.25. The number of aryl methyl sites for hydroxylation is 1. The van der Waals surface area contributed by atoms with Crippen molar-refractivity contribution in [3.8, 4) is 11.5 Å². The third-order valence-corrected chi connectivity index (χ3v) is 4.97. The summed E-state index contributed by atoms with van der Waals surface area (Å²) in [4.78, 5) is 12.9. The van der Waals surface area contributed by atoms with Gasteiger partial charge >= 0.3 is 0 Å². The summed E-state index contributed by atoms with van der Waals surface area (Å²) in [5.74, 6) is 1.09. The number of carbonyl (C=O) groups excluding carboxylic acids is 1. The molecule has 5 nitrogen and oxygen atoms in total. The van der Waals surface area contributed by atoms with Crippen molar-refractivity contribution in [1.29, 1.82) is 0 Å². The molecule has 5 heteroatoms. The number of ether oxygens (including phenoxy) is 2. The molecule has 0 heterocycles. The standard InChI is InChI=1S/C25H28N2O3/c1-17-10-12-20(13-11-17)24(19-8-6-5-7-9-19)26-18(2)25(28)27-21-14-22(29-3)16-23(15-21)30-4/h5-16,18,24,26H,1-4H3,(H,27,28)/t18-,24+/m0/s1. The van der Waals surface area contributed by atoms with Crippen LogP contribution in [0.3, 0.4) is 0 Å². The van der Waals surface area contributed by atoms with Crippen molar-refractivity contribution in [2.45, 2.75) is 25.9 Å². The molecule has 0 aromatic heterocycles. The molecular weight excluding hydrogens is 376 g/mol. The molecule has 3 aromatic rings. The quantitative estimate of drug-likeness (QED) is 0.570. The Morgan fingerprint density at radius 2 is 1.40 bits per heavy atom. The van der Waals surface area contributed by atoms with Crippen LogP contribution in [0.1, 0.15) is 29.7 Å². The lowest BCUT2D eigenvalue weighted by atomic mass is 9.97. The molecule has 0 aliphatic carbocycles. The van der Waals surface area contributed by atoms with E-state index < -0.39 is 6.04 Å². The molecule has 0 fully saturated rings. The summed E-state index contributed by atoms with van der Waals surface area (Å²) < 4.78 is 10.6. The molecule has 0 saturated heterocycles. The highest BCUT2D eigenvalue weighted by Crippen LogP contribution is 2.26. The third-order valence-electron chi connectivity index (χ3n) is 4.97. The van der Waals surface area contributed by atoms with E-state index in [-0.39, 0.29) is 11.9 Å². The number of rotatable bonds is 8. The number of amides is 1. The number of anilines is 1. The molecule has 1 amide bonds. The van der Waals surface area contributed by atoms with Crippen LogP contribution in [0.5, 0.6) is 11.5 Å². The van der Waals surface area contributed by atoms with Gasteiger partial charge in [-0.25, -0.2) is 0 Å². The second-order valence-corrected chi connectivity index (χ2v) is 7.23. The van der Waals surface area contributed by atoms with Gasteiger partial charge in [-0.2, -0.15) is 0 Å². The molecule has 0 spiro atoms. The lowest BCUT2D eigenvalue weighted by Crippen LogP contribution is -2.40. The van der Waals surface area contributed by atoms with Crippen LogP contribution in [0, 0.1) is 6.92 Å². The summed E-state index contributed by atoms with van der Waals surface area (Å²) in [6.07, 6.45) is 0. The van der Waals surface area contributed by atoms with E-state index in [2.05, 4.69) is 54.0 Å². The Balaban J connectivity index is 1.79. The van der Waals surface area contributed by atoms with Gasteiger partial charge in [-0.15, -0.1) is 0 Å². The van der Waals surface area contributed by atoms with Crippen molar-refractivity contribution >= 4 is 11.6 Å². The van der Waals surface area contributed by atoms with Crippen LogP contribution in [0.15, 0.2) is 72.8 Å². The first-order chi connectivity index (χ1) is 14.5. The molecule has 3 rings (SSSR count). The van der Waals surface area contributed by atoms with Gasteiger partial charge in [-0.3, -0.25) is 10.1 Å². The van der Waals surface area contributed by atoms with Crippen molar-refractivity contribution in [3.05, 3.63) is 89.5 Å². The number of methoxy groups -OCH3 is 2. The normalized spacial score (nSPS) is 12.7. The highest BCUT2D eigenvalue weighted by molar-refractivity contribution is 5.95. The second kappa shape index (κ2) is 9.94. The number of nitrogens with one attached hydrogen (secondary N) is 2. The van der Waals surface area contributed by atoms with Crippen molar-refractivity contribution in [2.24, 2.45) is 0 Å². The van der Waals surface area contributed by atoms with Gasteiger partial charge in [0.2, 0.25) is 5.91 Å². The zero-order valence-corrected chi connectivity index (χ0v) is 17.8. The summed E-state index contributed by atoms with van der Waals surface area (Å²) in [6, 6.07) is 23.2. The zero-order valence-electron chi connectivity index (χ0n) is 17.8. The Labute approximate surface area is 178 Å². The van der Waals surface area contributed by atoms with Gasteiger partial charge < -0.3 is 14.8 Å². The Morgan fingerprint density at radius 1 is 0.833 bits per heavy atom. The van der Waals surface area contributed by atoms with Gasteiger partial charge in [-0.05, 0) is 25.0 Å². The molecule has 3 aromatic carbocycles. The number of hydrogen-bond acceptors (Lipinski definition) is 4. The summed E-state index contributed by atoms with van der Waals surface area (Å²) in [7, 11) is 3.16. The van der Waals surface area contributed by atoms with E-state index >= 15 is 0 Å². The van der Waals surface area contributed by atoms with Crippen LogP contribution in [-0.2, 0) is 4.79 Å². The highest BCUT2D eigenvalue weighted by atomic mass is 16.5. The monoisotopic (exact) mass is 404 g/mol. The molecule has 2 atom stereocenters. The maximum absolute atomic E-state index is 12.9. The molecule has 0 saturated carbocycles. The van der Waals surface area contributed by atoms with Crippen LogP contribution in [0.25, 0.3) is 0 Å². The molecule has 156 valence electrons. The minimum Gasteiger partial charge on any atom is -0.497 e. The number of hydrogen-bond donors (Lipinski definition) is 2. The first kappa shape index (κ1) is 21.4. The van der Waals surface area contributed by atoms with Crippen molar-refractivity contribution < 1.29 is 14.3 Å². The third kappa shape index (κ3) is 5.39. The molecule has 0 aliphatic rings. The molecule has 0 bridgehead atoms. The summed E-state index contributed by atoms with van der Waals surface area (Å²) in [5.41, 5.74) is 4.03. The van der Waals surface area contributed by atoms with Gasteiger partial charge in [0.15, 0.2) is 0 Å². The Bertz CT molecular complexity index is 949. The van der Waals surface area contributed by atoms with E-state index in [1.807, 2.05) is 25.1 Å². The average molecular weight is 405 g/mol. The van der Waals surface area contributed by atoms with Crippen LogP contribution in [0.4, 0.5) is 5.69 Å². The van der Waals surface area contributed by atoms with E-state index in [4.69, 9.17) is 9.47 Å². The molecule has 2 N–H and O–H groups in total. The van der Waals surface area contributed by atoms with E-state index in [1.54, 1.807) is 32.4 Å². The lowest BCUT2D eigenvalue weighted by Gasteiger charge is -2.24. The van der Waals surface area contributed by atoms with Gasteiger partial charge in [0.05, 0.1) is 26.3 Å². The first-order valence-corrected chi connectivity index (χ1v) is 9.91.